The molecular weight excluding hydrogens is 319 g/mol. The topological polar surface area (TPSA) is 63.4 Å². The van der Waals surface area contributed by atoms with Crippen molar-refractivity contribution in [3.8, 4) is 0 Å². The monoisotopic (exact) mass is 334 g/mol. The highest BCUT2D eigenvalue weighted by Crippen LogP contribution is 2.15. The number of hydrogen-bond donors (Lipinski definition) is 1. The van der Waals surface area contributed by atoms with E-state index in [9.17, 15) is 9.59 Å². The molecule has 1 heterocycles. The summed E-state index contributed by atoms with van der Waals surface area (Å²) in [6.07, 6.45) is 6.28. The number of alkyl halides is 1. The number of carbonyl (C=O) groups is 2. The van der Waals surface area contributed by atoms with Gasteiger partial charge in [0, 0.05) is 17.0 Å². The van der Waals surface area contributed by atoms with Crippen LogP contribution in [0, 0.1) is 0 Å². The summed E-state index contributed by atoms with van der Waals surface area (Å²) < 4.78 is 0.850. The molecule has 2 amide bonds. The number of halogens is 1. The van der Waals surface area contributed by atoms with E-state index in [-0.39, 0.29) is 5.91 Å². The van der Waals surface area contributed by atoms with Crippen molar-refractivity contribution < 1.29 is 9.59 Å². The molecule has 0 fully saturated rings. The maximum absolute atomic E-state index is 11.8. The second-order valence-electron chi connectivity index (χ2n) is 3.56. The van der Waals surface area contributed by atoms with Crippen molar-refractivity contribution in [3.63, 3.8) is 0 Å². The van der Waals surface area contributed by atoms with Crippen LogP contribution in [0.1, 0.15) is 19.8 Å². The lowest BCUT2D eigenvalue weighted by atomic mass is 10.2. The molecule has 2 N–H and O–H groups in total. The largest absolute Gasteiger partial charge is 0.368 e. The van der Waals surface area contributed by atoms with Gasteiger partial charge in [-0.15, -0.1) is 0 Å². The molecule has 0 aliphatic carbocycles. The third-order valence-electron chi connectivity index (χ3n) is 2.48. The van der Waals surface area contributed by atoms with E-state index < -0.39 is 11.9 Å². The van der Waals surface area contributed by atoms with Gasteiger partial charge in [0.25, 0.3) is 0 Å². The van der Waals surface area contributed by atoms with Crippen LogP contribution in [-0.2, 0) is 9.59 Å². The molecule has 1 aliphatic rings. The quantitative estimate of drug-likeness (QED) is 0.623. The molecular formula is C11H15IN2O2. The minimum absolute atomic E-state index is 0.0817. The second-order valence-corrected chi connectivity index (χ2v) is 4.32. The standard InChI is InChI=1S/C11H15IN2O2/c1-2-9(11(13)16)14-6-5-8(7-12)3-4-10(14)15/h3,5-6,9H,2,4,7H2,1H3,(H2,13,16). The van der Waals surface area contributed by atoms with Gasteiger partial charge in [0.15, 0.2) is 0 Å². The number of rotatable bonds is 4. The molecule has 16 heavy (non-hydrogen) atoms. The predicted molar refractivity (Wildman–Crippen MR) is 70.8 cm³/mol. The fourth-order valence-electron chi connectivity index (χ4n) is 1.56. The number of nitrogens with zero attached hydrogens (tertiary/aromatic N) is 1. The summed E-state index contributed by atoms with van der Waals surface area (Å²) in [5.74, 6) is -0.542. The molecule has 1 rings (SSSR count). The Bertz CT molecular complexity index is 350. The minimum Gasteiger partial charge on any atom is -0.368 e. The number of carbonyl (C=O) groups excluding carboxylic acids is 2. The highest BCUT2D eigenvalue weighted by atomic mass is 127. The maximum atomic E-state index is 11.8. The Balaban J connectivity index is 2.89. The lowest BCUT2D eigenvalue weighted by Gasteiger charge is -2.24. The van der Waals surface area contributed by atoms with Crippen molar-refractivity contribution in [2.24, 2.45) is 5.73 Å². The van der Waals surface area contributed by atoms with Crippen molar-refractivity contribution in [1.82, 2.24) is 4.90 Å². The zero-order valence-electron chi connectivity index (χ0n) is 9.15. The van der Waals surface area contributed by atoms with E-state index >= 15 is 0 Å². The number of allylic oxidation sites excluding steroid dienone is 2. The van der Waals surface area contributed by atoms with Crippen LogP contribution in [0.15, 0.2) is 23.9 Å². The zero-order chi connectivity index (χ0) is 12.1. The SMILES string of the molecule is CCC(C(N)=O)N1C=CC(CI)=CCC1=O. The van der Waals surface area contributed by atoms with Crippen molar-refractivity contribution in [2.75, 3.05) is 4.43 Å². The summed E-state index contributed by atoms with van der Waals surface area (Å²) in [6, 6.07) is -0.536. The zero-order valence-corrected chi connectivity index (χ0v) is 11.3. The number of hydrogen-bond acceptors (Lipinski definition) is 2. The fourth-order valence-corrected chi connectivity index (χ4v) is 2.13. The van der Waals surface area contributed by atoms with Gasteiger partial charge in [-0.1, -0.05) is 35.6 Å². The van der Waals surface area contributed by atoms with E-state index in [4.69, 9.17) is 5.73 Å². The highest BCUT2D eigenvalue weighted by molar-refractivity contribution is 14.1. The van der Waals surface area contributed by atoms with E-state index in [2.05, 4.69) is 22.6 Å². The molecule has 1 aliphatic heterocycles. The fraction of sp³-hybridized carbons (Fsp3) is 0.455. The van der Waals surface area contributed by atoms with Crippen molar-refractivity contribution >= 4 is 34.4 Å². The van der Waals surface area contributed by atoms with Crippen LogP contribution >= 0.6 is 22.6 Å². The minimum atomic E-state index is -0.536. The molecule has 1 unspecified atom stereocenters. The van der Waals surface area contributed by atoms with E-state index in [1.807, 2.05) is 19.1 Å². The van der Waals surface area contributed by atoms with E-state index in [0.29, 0.717) is 12.8 Å². The maximum Gasteiger partial charge on any atom is 0.240 e. The molecule has 0 bridgehead atoms. The summed E-state index contributed by atoms with van der Waals surface area (Å²) in [5, 5.41) is 0. The average molecular weight is 334 g/mol. The first kappa shape index (κ1) is 13.2. The first-order valence-corrected chi connectivity index (χ1v) is 6.66. The smallest absolute Gasteiger partial charge is 0.240 e. The summed E-state index contributed by atoms with van der Waals surface area (Å²) >= 11 is 2.24. The molecule has 5 heteroatoms. The Morgan fingerprint density at radius 3 is 2.88 bits per heavy atom. The van der Waals surface area contributed by atoms with Gasteiger partial charge in [0.2, 0.25) is 11.8 Å². The number of nitrogens with two attached hydrogens (primary N) is 1. The van der Waals surface area contributed by atoms with E-state index in [1.54, 1.807) is 6.20 Å². The third-order valence-corrected chi connectivity index (χ3v) is 3.36. The molecule has 0 aromatic carbocycles. The van der Waals surface area contributed by atoms with E-state index in [1.165, 1.54) is 4.90 Å². The summed E-state index contributed by atoms with van der Waals surface area (Å²) in [4.78, 5) is 24.5. The highest BCUT2D eigenvalue weighted by Gasteiger charge is 2.25. The average Bonchev–Trinajstić information content (AvgIpc) is 2.43. The lowest BCUT2D eigenvalue weighted by molar-refractivity contribution is -0.135. The molecule has 0 saturated carbocycles. The van der Waals surface area contributed by atoms with Gasteiger partial charge in [-0.2, -0.15) is 0 Å². The molecule has 0 radical (unpaired) electrons. The van der Waals surface area contributed by atoms with Crippen molar-refractivity contribution in [1.29, 1.82) is 0 Å². The molecule has 88 valence electrons. The first-order chi connectivity index (χ1) is 7.60. The number of primary amides is 1. The van der Waals surface area contributed by atoms with Gasteiger partial charge in [-0.3, -0.25) is 9.59 Å². The van der Waals surface area contributed by atoms with Gasteiger partial charge >= 0.3 is 0 Å². The van der Waals surface area contributed by atoms with Crippen molar-refractivity contribution in [2.45, 2.75) is 25.8 Å². The Hall–Kier alpha value is -0.850. The Morgan fingerprint density at radius 2 is 2.38 bits per heavy atom. The Labute approximate surface area is 109 Å². The normalized spacial score (nSPS) is 18.0. The number of amides is 2. The van der Waals surface area contributed by atoms with Crippen LogP contribution < -0.4 is 5.73 Å². The van der Waals surface area contributed by atoms with E-state index in [0.717, 1.165) is 10.0 Å². The molecule has 1 atom stereocenters. The van der Waals surface area contributed by atoms with Crippen LogP contribution in [0.4, 0.5) is 0 Å². The van der Waals surface area contributed by atoms with Gasteiger partial charge < -0.3 is 10.6 Å². The lowest BCUT2D eigenvalue weighted by Crippen LogP contribution is -2.44. The second kappa shape index (κ2) is 6.03. The molecule has 0 aromatic rings. The van der Waals surface area contributed by atoms with Crippen LogP contribution in [0.2, 0.25) is 0 Å². The van der Waals surface area contributed by atoms with Gasteiger partial charge in [-0.25, -0.2) is 0 Å². The molecule has 0 spiro atoms. The Kier molecular flexibility index (Phi) is 4.98. The van der Waals surface area contributed by atoms with Crippen LogP contribution in [0.25, 0.3) is 0 Å². The van der Waals surface area contributed by atoms with Crippen LogP contribution in [-0.4, -0.2) is 27.2 Å². The third kappa shape index (κ3) is 3.07. The summed E-state index contributed by atoms with van der Waals surface area (Å²) in [5.41, 5.74) is 6.37. The molecule has 0 aromatic heterocycles. The predicted octanol–water partition coefficient (Wildman–Crippen LogP) is 1.36. The Morgan fingerprint density at radius 1 is 1.69 bits per heavy atom. The first-order valence-electron chi connectivity index (χ1n) is 5.13. The molecule has 0 saturated heterocycles. The van der Waals surface area contributed by atoms with Gasteiger partial charge in [-0.05, 0) is 18.1 Å². The summed E-state index contributed by atoms with van der Waals surface area (Å²) in [7, 11) is 0. The van der Waals surface area contributed by atoms with Crippen LogP contribution in [0.5, 0.6) is 0 Å². The van der Waals surface area contributed by atoms with Gasteiger partial charge in [0.1, 0.15) is 6.04 Å². The molecule has 4 nitrogen and oxygen atoms in total. The van der Waals surface area contributed by atoms with Gasteiger partial charge in [0.05, 0.1) is 0 Å². The van der Waals surface area contributed by atoms with Crippen LogP contribution in [0.3, 0.4) is 0 Å². The van der Waals surface area contributed by atoms with Crippen molar-refractivity contribution in [3.05, 3.63) is 23.9 Å². The summed E-state index contributed by atoms with van der Waals surface area (Å²) in [6.45, 7) is 1.84.